The van der Waals surface area contributed by atoms with E-state index < -0.39 is 9.84 Å². The average molecular weight is 362 g/mol. The maximum Gasteiger partial charge on any atom is 0.210 e. The topological polar surface area (TPSA) is 74.6 Å². The monoisotopic (exact) mass is 362 g/mol. The molecule has 2 N–H and O–H groups in total. The van der Waals surface area contributed by atoms with Crippen molar-refractivity contribution in [1.29, 1.82) is 0 Å². The third kappa shape index (κ3) is 5.23. The maximum atomic E-state index is 12.7. The lowest BCUT2D eigenvalue weighted by molar-refractivity contribution is 0.458. The summed E-state index contributed by atoms with van der Waals surface area (Å²) in [5, 5.41) is 19.3. The fraction of sp³-hybridized carbons (Fsp3) is 0.400. The highest BCUT2D eigenvalue weighted by Gasteiger charge is 2.22. The molecule has 2 aromatic rings. The van der Waals surface area contributed by atoms with E-state index in [2.05, 4.69) is 6.92 Å². The van der Waals surface area contributed by atoms with Crippen LogP contribution in [0.25, 0.3) is 0 Å². The van der Waals surface area contributed by atoms with Crippen molar-refractivity contribution in [3.8, 4) is 11.5 Å². The number of sulfone groups is 1. The minimum absolute atomic E-state index is 0.00000403. The number of benzene rings is 2. The van der Waals surface area contributed by atoms with Gasteiger partial charge >= 0.3 is 0 Å². The van der Waals surface area contributed by atoms with Gasteiger partial charge in [0.25, 0.3) is 0 Å². The molecule has 0 aromatic heterocycles. The van der Waals surface area contributed by atoms with Crippen molar-refractivity contribution >= 4 is 9.84 Å². The van der Waals surface area contributed by atoms with Crippen LogP contribution < -0.4 is 0 Å². The summed E-state index contributed by atoms with van der Waals surface area (Å²) in [7, 11) is -3.81. The zero-order valence-electron chi connectivity index (χ0n) is 14.6. The molecule has 0 saturated carbocycles. The zero-order valence-corrected chi connectivity index (χ0v) is 15.4. The molecule has 0 aliphatic rings. The van der Waals surface area contributed by atoms with E-state index in [4.69, 9.17) is 0 Å². The molecule has 0 spiro atoms. The summed E-state index contributed by atoms with van der Waals surface area (Å²) in [5.74, 6) is -0.250. The van der Waals surface area contributed by atoms with Gasteiger partial charge in [0.05, 0.1) is 4.90 Å². The molecule has 0 bridgehead atoms. The summed E-state index contributed by atoms with van der Waals surface area (Å²) >= 11 is 0. The molecular formula is C20H26O4S. The van der Waals surface area contributed by atoms with Gasteiger partial charge in [0.15, 0.2) is 0 Å². The molecule has 2 aromatic carbocycles. The largest absolute Gasteiger partial charge is 0.508 e. The van der Waals surface area contributed by atoms with Crippen molar-refractivity contribution in [2.45, 2.75) is 61.7 Å². The van der Waals surface area contributed by atoms with Gasteiger partial charge in [0.2, 0.25) is 9.84 Å². The molecule has 25 heavy (non-hydrogen) atoms. The van der Waals surface area contributed by atoms with Crippen LogP contribution in [0.2, 0.25) is 0 Å². The third-order valence-corrected chi connectivity index (χ3v) is 6.08. The second-order valence-corrected chi connectivity index (χ2v) is 8.24. The van der Waals surface area contributed by atoms with Gasteiger partial charge in [-0.25, -0.2) is 8.42 Å². The Bertz CT molecular complexity index is 780. The van der Waals surface area contributed by atoms with Gasteiger partial charge in [0.1, 0.15) is 16.4 Å². The molecular weight excluding hydrogens is 336 g/mol. The van der Waals surface area contributed by atoms with Crippen LogP contribution in [0.4, 0.5) is 0 Å². The first-order valence-corrected chi connectivity index (χ1v) is 10.3. The molecule has 136 valence electrons. The van der Waals surface area contributed by atoms with Crippen LogP contribution in [0.5, 0.6) is 11.5 Å². The van der Waals surface area contributed by atoms with E-state index in [1.165, 1.54) is 56.0 Å². The second kappa shape index (κ2) is 8.90. The Balaban J connectivity index is 2.11. The van der Waals surface area contributed by atoms with Gasteiger partial charge in [0, 0.05) is 0 Å². The molecule has 0 aliphatic heterocycles. The molecule has 2 rings (SSSR count). The standard InChI is InChI=1S/C20H26O4S/c1-2-3-4-5-6-7-8-16-9-14-19(22)20(15-16)25(23,24)18-12-10-17(21)11-13-18/h9-15,21-22H,2-8H2,1H3. The number of unbranched alkanes of at least 4 members (excludes halogenated alkanes) is 5. The minimum Gasteiger partial charge on any atom is -0.508 e. The smallest absolute Gasteiger partial charge is 0.210 e. The summed E-state index contributed by atoms with van der Waals surface area (Å²) in [5.41, 5.74) is 0.908. The summed E-state index contributed by atoms with van der Waals surface area (Å²) < 4.78 is 25.4. The summed E-state index contributed by atoms with van der Waals surface area (Å²) in [6.07, 6.45) is 7.85. The Morgan fingerprint density at radius 1 is 0.840 bits per heavy atom. The molecule has 4 nitrogen and oxygen atoms in total. The molecule has 0 fully saturated rings. The Kier molecular flexibility index (Phi) is 6.88. The van der Waals surface area contributed by atoms with E-state index in [1.807, 2.05) is 0 Å². The lowest BCUT2D eigenvalue weighted by Gasteiger charge is -2.09. The van der Waals surface area contributed by atoms with E-state index in [9.17, 15) is 18.6 Å². The van der Waals surface area contributed by atoms with Gasteiger partial charge in [-0.15, -0.1) is 0 Å². The maximum absolute atomic E-state index is 12.7. The Hall–Kier alpha value is -2.01. The fourth-order valence-electron chi connectivity index (χ4n) is 2.79. The number of hydrogen-bond acceptors (Lipinski definition) is 4. The quantitative estimate of drug-likeness (QED) is 0.626. The van der Waals surface area contributed by atoms with Crippen molar-refractivity contribution in [3.63, 3.8) is 0 Å². The van der Waals surface area contributed by atoms with E-state index in [0.717, 1.165) is 24.8 Å². The van der Waals surface area contributed by atoms with Crippen molar-refractivity contribution in [2.75, 3.05) is 0 Å². The third-order valence-electron chi connectivity index (χ3n) is 4.28. The molecule has 5 heteroatoms. The Morgan fingerprint density at radius 3 is 2.16 bits per heavy atom. The first-order valence-electron chi connectivity index (χ1n) is 8.81. The highest BCUT2D eigenvalue weighted by Crippen LogP contribution is 2.30. The first kappa shape index (κ1) is 19.3. The molecule has 0 radical (unpaired) electrons. The molecule has 0 amide bonds. The second-order valence-electron chi connectivity index (χ2n) is 6.32. The van der Waals surface area contributed by atoms with Crippen LogP contribution in [0, 0.1) is 0 Å². The number of aromatic hydroxyl groups is 2. The number of rotatable bonds is 9. The minimum atomic E-state index is -3.81. The van der Waals surface area contributed by atoms with Gasteiger partial charge in [-0.05, 0) is 54.8 Å². The number of phenolic OH excluding ortho intramolecular Hbond substituents is 2. The molecule has 0 saturated heterocycles. The highest BCUT2D eigenvalue weighted by molar-refractivity contribution is 7.91. The first-order chi connectivity index (χ1) is 11.9. The number of aryl methyl sites for hydroxylation is 1. The molecule has 0 unspecified atom stereocenters. The Morgan fingerprint density at radius 2 is 1.48 bits per heavy atom. The highest BCUT2D eigenvalue weighted by atomic mass is 32.2. The molecule has 0 atom stereocenters. The van der Waals surface area contributed by atoms with Crippen LogP contribution in [0.3, 0.4) is 0 Å². The summed E-state index contributed by atoms with van der Waals surface area (Å²) in [6.45, 7) is 2.19. The average Bonchev–Trinajstić information content (AvgIpc) is 2.59. The van der Waals surface area contributed by atoms with E-state index >= 15 is 0 Å². The summed E-state index contributed by atoms with van der Waals surface area (Å²) in [4.78, 5) is -0.0287. The van der Waals surface area contributed by atoms with Crippen LogP contribution >= 0.6 is 0 Å². The predicted octanol–water partition coefficient (Wildman–Crippen LogP) is 4.83. The van der Waals surface area contributed by atoms with Crippen LogP contribution in [0.15, 0.2) is 52.3 Å². The lowest BCUT2D eigenvalue weighted by atomic mass is 10.0. The van der Waals surface area contributed by atoms with Gasteiger partial charge in [-0.3, -0.25) is 0 Å². The van der Waals surface area contributed by atoms with Gasteiger partial charge in [-0.2, -0.15) is 0 Å². The number of hydrogen-bond donors (Lipinski definition) is 2. The van der Waals surface area contributed by atoms with Crippen LogP contribution in [0.1, 0.15) is 51.0 Å². The van der Waals surface area contributed by atoms with Gasteiger partial charge in [-0.1, -0.05) is 45.1 Å². The zero-order chi connectivity index (χ0) is 18.3. The molecule has 0 heterocycles. The molecule has 0 aliphatic carbocycles. The van der Waals surface area contributed by atoms with E-state index in [1.54, 1.807) is 12.1 Å². The normalized spacial score (nSPS) is 11.6. The lowest BCUT2D eigenvalue weighted by Crippen LogP contribution is -2.03. The van der Waals surface area contributed by atoms with Crippen molar-refractivity contribution in [3.05, 3.63) is 48.0 Å². The summed E-state index contributed by atoms with van der Waals surface area (Å²) in [6, 6.07) is 10.1. The number of phenols is 2. The fourth-order valence-corrected chi connectivity index (χ4v) is 4.19. The van der Waals surface area contributed by atoms with Crippen molar-refractivity contribution in [1.82, 2.24) is 0 Å². The Labute approximate surface area is 150 Å². The van der Waals surface area contributed by atoms with E-state index in [-0.39, 0.29) is 21.3 Å². The van der Waals surface area contributed by atoms with Crippen LogP contribution in [-0.2, 0) is 16.3 Å². The van der Waals surface area contributed by atoms with Crippen LogP contribution in [-0.4, -0.2) is 18.6 Å². The van der Waals surface area contributed by atoms with Crippen molar-refractivity contribution in [2.24, 2.45) is 0 Å². The predicted molar refractivity (Wildman–Crippen MR) is 98.7 cm³/mol. The SMILES string of the molecule is CCCCCCCCc1ccc(O)c(S(=O)(=O)c2ccc(O)cc2)c1. The van der Waals surface area contributed by atoms with Crippen molar-refractivity contribution < 1.29 is 18.6 Å². The van der Waals surface area contributed by atoms with Gasteiger partial charge < -0.3 is 10.2 Å². The van der Waals surface area contributed by atoms with E-state index in [0.29, 0.717) is 0 Å².